The maximum Gasteiger partial charge on any atom is 0.242 e. The molecule has 1 unspecified atom stereocenters. The lowest BCUT2D eigenvalue weighted by Crippen LogP contribution is -2.20. The van der Waals surface area contributed by atoms with Crippen molar-refractivity contribution in [3.63, 3.8) is 0 Å². The average molecular weight is 478 g/mol. The number of nitrogen functional groups attached to an aromatic ring is 1. The number of Topliss-reactive ketones (excluding diaryl/α,β-unsaturated/α-hetero) is 1. The van der Waals surface area contributed by atoms with Crippen molar-refractivity contribution in [2.45, 2.75) is 17.3 Å². The van der Waals surface area contributed by atoms with Gasteiger partial charge in [-0.3, -0.25) is 9.59 Å². The molecule has 0 aliphatic carbocycles. The molecule has 0 saturated carbocycles. The Bertz CT molecular complexity index is 1310. The lowest BCUT2D eigenvalue weighted by atomic mass is 10.1. The molecular weight excluding hydrogens is 458 g/mol. The third kappa shape index (κ3) is 5.24. The van der Waals surface area contributed by atoms with Crippen molar-refractivity contribution < 1.29 is 9.59 Å². The van der Waals surface area contributed by atoms with Crippen LogP contribution in [0, 0.1) is 0 Å². The van der Waals surface area contributed by atoms with Crippen molar-refractivity contribution in [3.8, 4) is 11.4 Å². The SMILES string of the molecule is CC(=O)c1cccc(NC(=O)C(Sc2nnc(-c3cccc(Cl)c3)n2N)c2ccccc2)c1. The molecule has 3 N–H and O–H groups in total. The normalized spacial score (nSPS) is 11.7. The molecule has 1 amide bonds. The summed E-state index contributed by atoms with van der Waals surface area (Å²) in [6.07, 6.45) is 0. The molecule has 1 heterocycles. The second-order valence-electron chi connectivity index (χ2n) is 7.22. The van der Waals surface area contributed by atoms with Crippen LogP contribution in [0.15, 0.2) is 84.0 Å². The maximum atomic E-state index is 13.3. The van der Waals surface area contributed by atoms with E-state index in [0.29, 0.717) is 32.8 Å². The van der Waals surface area contributed by atoms with Gasteiger partial charge in [0.2, 0.25) is 11.1 Å². The van der Waals surface area contributed by atoms with Gasteiger partial charge in [0.15, 0.2) is 11.6 Å². The molecule has 4 aromatic rings. The minimum absolute atomic E-state index is 0.0788. The van der Waals surface area contributed by atoms with Gasteiger partial charge in [0.05, 0.1) is 0 Å². The number of halogens is 1. The van der Waals surface area contributed by atoms with E-state index >= 15 is 0 Å². The van der Waals surface area contributed by atoms with E-state index in [-0.39, 0.29) is 11.7 Å². The van der Waals surface area contributed by atoms with E-state index in [1.807, 2.05) is 36.4 Å². The first kappa shape index (κ1) is 22.6. The Labute approximate surface area is 199 Å². The Balaban J connectivity index is 1.63. The highest BCUT2D eigenvalue weighted by Gasteiger charge is 2.26. The van der Waals surface area contributed by atoms with Crippen molar-refractivity contribution in [1.29, 1.82) is 0 Å². The number of amides is 1. The van der Waals surface area contributed by atoms with Gasteiger partial charge >= 0.3 is 0 Å². The highest BCUT2D eigenvalue weighted by Crippen LogP contribution is 2.36. The number of hydrogen-bond donors (Lipinski definition) is 2. The molecule has 0 bridgehead atoms. The summed E-state index contributed by atoms with van der Waals surface area (Å²) in [5.41, 5.74) is 2.54. The lowest BCUT2D eigenvalue weighted by molar-refractivity contribution is -0.115. The Kier molecular flexibility index (Phi) is 6.76. The quantitative estimate of drug-likeness (QED) is 0.221. The van der Waals surface area contributed by atoms with Gasteiger partial charge in [-0.2, -0.15) is 0 Å². The zero-order valence-electron chi connectivity index (χ0n) is 17.6. The van der Waals surface area contributed by atoms with Crippen molar-refractivity contribution in [3.05, 3.63) is 95.0 Å². The van der Waals surface area contributed by atoms with E-state index in [4.69, 9.17) is 17.4 Å². The smallest absolute Gasteiger partial charge is 0.242 e. The van der Waals surface area contributed by atoms with E-state index in [2.05, 4.69) is 15.5 Å². The van der Waals surface area contributed by atoms with E-state index in [0.717, 1.165) is 5.56 Å². The number of aromatic nitrogens is 3. The summed E-state index contributed by atoms with van der Waals surface area (Å²) in [7, 11) is 0. The zero-order chi connectivity index (χ0) is 23.4. The van der Waals surface area contributed by atoms with E-state index in [1.165, 1.54) is 23.4 Å². The molecule has 0 radical (unpaired) electrons. The summed E-state index contributed by atoms with van der Waals surface area (Å²) in [6.45, 7) is 1.48. The largest absolute Gasteiger partial charge is 0.335 e. The van der Waals surface area contributed by atoms with Crippen LogP contribution in [0.3, 0.4) is 0 Å². The zero-order valence-corrected chi connectivity index (χ0v) is 19.2. The highest BCUT2D eigenvalue weighted by molar-refractivity contribution is 8.00. The van der Waals surface area contributed by atoms with Gasteiger partial charge in [-0.05, 0) is 36.8 Å². The third-order valence-corrected chi connectivity index (χ3v) is 6.29. The topological polar surface area (TPSA) is 103 Å². The van der Waals surface area contributed by atoms with Crippen LogP contribution in [0.4, 0.5) is 5.69 Å². The number of nitrogens with one attached hydrogen (secondary N) is 1. The second kappa shape index (κ2) is 9.89. The summed E-state index contributed by atoms with van der Waals surface area (Å²) in [4.78, 5) is 25.0. The second-order valence-corrected chi connectivity index (χ2v) is 8.73. The molecule has 0 aliphatic heterocycles. The third-order valence-electron chi connectivity index (χ3n) is 4.85. The number of carbonyl (C=O) groups excluding carboxylic acids is 2. The van der Waals surface area contributed by atoms with Crippen LogP contribution >= 0.6 is 23.4 Å². The fourth-order valence-corrected chi connectivity index (χ4v) is 4.36. The van der Waals surface area contributed by atoms with Gasteiger partial charge in [0.1, 0.15) is 5.25 Å². The Morgan fingerprint density at radius 2 is 1.76 bits per heavy atom. The molecule has 3 aromatic carbocycles. The first-order valence-corrected chi connectivity index (χ1v) is 11.3. The number of ketones is 1. The number of benzene rings is 3. The molecular formula is C24H20ClN5O2S. The predicted octanol–water partition coefficient (Wildman–Crippen LogP) is 4.99. The van der Waals surface area contributed by atoms with Crippen LogP contribution in [-0.4, -0.2) is 26.6 Å². The van der Waals surface area contributed by atoms with Crippen LogP contribution in [0.2, 0.25) is 5.02 Å². The number of carbonyl (C=O) groups is 2. The van der Waals surface area contributed by atoms with Crippen molar-refractivity contribution >= 4 is 40.7 Å². The molecule has 1 aromatic heterocycles. The summed E-state index contributed by atoms with van der Waals surface area (Å²) in [5, 5.41) is 11.5. The van der Waals surface area contributed by atoms with Crippen LogP contribution in [0.1, 0.15) is 28.1 Å². The number of anilines is 1. The van der Waals surface area contributed by atoms with E-state index < -0.39 is 5.25 Å². The molecule has 166 valence electrons. The fraction of sp³-hybridized carbons (Fsp3) is 0.0833. The Morgan fingerprint density at radius 3 is 2.48 bits per heavy atom. The molecule has 0 fully saturated rings. The van der Waals surface area contributed by atoms with Crippen LogP contribution in [0.25, 0.3) is 11.4 Å². The Morgan fingerprint density at radius 1 is 1.00 bits per heavy atom. The predicted molar refractivity (Wildman–Crippen MR) is 131 cm³/mol. The first-order chi connectivity index (χ1) is 15.9. The van der Waals surface area contributed by atoms with Crippen LogP contribution < -0.4 is 11.2 Å². The number of rotatable bonds is 7. The average Bonchev–Trinajstić information content (AvgIpc) is 3.18. The minimum Gasteiger partial charge on any atom is -0.335 e. The summed E-state index contributed by atoms with van der Waals surface area (Å²) in [5.74, 6) is 6.35. The van der Waals surface area contributed by atoms with Crippen LogP contribution in [-0.2, 0) is 4.79 Å². The van der Waals surface area contributed by atoms with Gasteiger partial charge in [-0.15, -0.1) is 10.2 Å². The van der Waals surface area contributed by atoms with Crippen molar-refractivity contribution in [2.24, 2.45) is 0 Å². The monoisotopic (exact) mass is 477 g/mol. The Hall–Kier alpha value is -3.62. The minimum atomic E-state index is -0.661. The van der Waals surface area contributed by atoms with Crippen molar-refractivity contribution in [2.75, 3.05) is 11.2 Å². The lowest BCUT2D eigenvalue weighted by Gasteiger charge is -2.17. The van der Waals surface area contributed by atoms with Gasteiger partial charge in [-0.25, -0.2) is 4.68 Å². The maximum absolute atomic E-state index is 13.3. The van der Waals surface area contributed by atoms with E-state index in [1.54, 1.807) is 42.5 Å². The number of nitrogens with two attached hydrogens (primary N) is 1. The molecule has 4 rings (SSSR count). The van der Waals surface area contributed by atoms with Gasteiger partial charge in [0.25, 0.3) is 0 Å². The van der Waals surface area contributed by atoms with Gasteiger partial charge in [0, 0.05) is 21.8 Å². The standard InChI is InChI=1S/C24H20ClN5O2S/c1-15(31)17-9-6-12-20(14-17)27-23(32)21(16-7-3-2-4-8-16)33-24-29-28-22(30(24)26)18-10-5-11-19(25)13-18/h2-14,21H,26H2,1H3,(H,27,32). The van der Waals surface area contributed by atoms with Gasteiger partial charge in [-0.1, -0.05) is 78.0 Å². The molecule has 1 atom stereocenters. The highest BCUT2D eigenvalue weighted by atomic mass is 35.5. The van der Waals surface area contributed by atoms with Crippen LogP contribution in [0.5, 0.6) is 0 Å². The van der Waals surface area contributed by atoms with Crippen molar-refractivity contribution in [1.82, 2.24) is 14.9 Å². The molecule has 0 spiro atoms. The van der Waals surface area contributed by atoms with Gasteiger partial charge < -0.3 is 11.2 Å². The molecule has 7 nitrogen and oxygen atoms in total. The molecule has 0 saturated heterocycles. The number of hydrogen-bond acceptors (Lipinski definition) is 6. The summed E-state index contributed by atoms with van der Waals surface area (Å²) in [6, 6.07) is 23.3. The molecule has 0 aliphatic rings. The van der Waals surface area contributed by atoms with E-state index in [9.17, 15) is 9.59 Å². The molecule has 9 heteroatoms. The summed E-state index contributed by atoms with van der Waals surface area (Å²) >= 11 is 7.27. The first-order valence-electron chi connectivity index (χ1n) is 10.0. The fourth-order valence-electron chi connectivity index (χ4n) is 3.21. The number of thioether (sulfide) groups is 1. The summed E-state index contributed by atoms with van der Waals surface area (Å²) < 4.78 is 1.34. The molecule has 33 heavy (non-hydrogen) atoms. The number of nitrogens with zero attached hydrogens (tertiary/aromatic N) is 3.